The molecule has 1 aliphatic rings. The van der Waals surface area contributed by atoms with E-state index in [0.717, 1.165) is 31.2 Å². The Morgan fingerprint density at radius 1 is 0.853 bits per heavy atom. The van der Waals surface area contributed by atoms with Gasteiger partial charge in [0.2, 0.25) is 10.0 Å². The summed E-state index contributed by atoms with van der Waals surface area (Å²) in [5.74, 6) is -1.73. The number of hydrogen-bond donors (Lipinski definition) is 2. The van der Waals surface area contributed by atoms with Gasteiger partial charge in [0.1, 0.15) is 0 Å². The fraction of sp³-hybridized carbons (Fsp3) is 0.375. The van der Waals surface area contributed by atoms with Crippen LogP contribution in [0.1, 0.15) is 48.0 Å². The summed E-state index contributed by atoms with van der Waals surface area (Å²) >= 11 is 0. The van der Waals surface area contributed by atoms with Gasteiger partial charge in [0.05, 0.1) is 4.90 Å². The molecule has 1 heterocycles. The van der Waals surface area contributed by atoms with E-state index in [4.69, 9.17) is 4.74 Å². The van der Waals surface area contributed by atoms with Crippen molar-refractivity contribution in [3.63, 3.8) is 0 Å². The van der Waals surface area contributed by atoms with E-state index >= 15 is 0 Å². The second-order valence-electron chi connectivity index (χ2n) is 7.99. The van der Waals surface area contributed by atoms with Crippen LogP contribution in [0, 0.1) is 0 Å². The molecular formula is C24H29N3O6S. The fourth-order valence-electron chi connectivity index (χ4n) is 3.55. The summed E-state index contributed by atoms with van der Waals surface area (Å²) in [6, 6.07) is 14.8. The summed E-state index contributed by atoms with van der Waals surface area (Å²) < 4.78 is 32.1. The molecule has 1 aliphatic heterocycles. The van der Waals surface area contributed by atoms with Crippen molar-refractivity contribution in [2.24, 2.45) is 0 Å². The van der Waals surface area contributed by atoms with Crippen molar-refractivity contribution >= 4 is 27.8 Å². The molecular weight excluding hydrogens is 458 g/mol. The summed E-state index contributed by atoms with van der Waals surface area (Å²) in [6.45, 7) is 0.555. The first-order valence-electron chi connectivity index (χ1n) is 11.3. The van der Waals surface area contributed by atoms with Crippen LogP contribution in [0.25, 0.3) is 0 Å². The number of aryl methyl sites for hydroxylation is 1. The maximum atomic E-state index is 12.8. The third-order valence-corrected chi connectivity index (χ3v) is 7.37. The predicted molar refractivity (Wildman–Crippen MR) is 125 cm³/mol. The SMILES string of the molecule is O=C(COC(=O)CCc1ccc(S(=O)(=O)N2CCCCCC2)cc1)NNC(=O)c1ccccc1. The number of hydrogen-bond acceptors (Lipinski definition) is 6. The molecule has 3 rings (SSSR count). The fourth-order valence-corrected chi connectivity index (χ4v) is 5.07. The van der Waals surface area contributed by atoms with Crippen molar-refractivity contribution < 1.29 is 27.5 Å². The quantitative estimate of drug-likeness (QED) is 0.435. The van der Waals surface area contributed by atoms with Gasteiger partial charge in [-0.25, -0.2) is 8.42 Å². The van der Waals surface area contributed by atoms with Crippen LogP contribution in [0.4, 0.5) is 0 Å². The Labute approximate surface area is 199 Å². The maximum Gasteiger partial charge on any atom is 0.306 e. The second kappa shape index (κ2) is 12.3. The van der Waals surface area contributed by atoms with E-state index in [9.17, 15) is 22.8 Å². The third kappa shape index (κ3) is 7.39. The first kappa shape index (κ1) is 25.4. The lowest BCUT2D eigenvalue weighted by Crippen LogP contribution is -2.43. The van der Waals surface area contributed by atoms with Crippen LogP contribution in [-0.2, 0) is 30.8 Å². The van der Waals surface area contributed by atoms with Crippen LogP contribution in [0.3, 0.4) is 0 Å². The van der Waals surface area contributed by atoms with Gasteiger partial charge in [-0.2, -0.15) is 4.31 Å². The van der Waals surface area contributed by atoms with E-state index in [2.05, 4.69) is 10.9 Å². The molecule has 1 fully saturated rings. The van der Waals surface area contributed by atoms with Crippen LogP contribution in [0.2, 0.25) is 0 Å². The second-order valence-corrected chi connectivity index (χ2v) is 9.93. The van der Waals surface area contributed by atoms with Crippen LogP contribution in [0.15, 0.2) is 59.5 Å². The highest BCUT2D eigenvalue weighted by Gasteiger charge is 2.24. The predicted octanol–water partition coefficient (Wildman–Crippen LogP) is 2.19. The Kier molecular flexibility index (Phi) is 9.17. The molecule has 0 radical (unpaired) electrons. The van der Waals surface area contributed by atoms with Gasteiger partial charge in [-0.3, -0.25) is 25.2 Å². The number of ether oxygens (including phenoxy) is 1. The zero-order chi connectivity index (χ0) is 24.4. The smallest absolute Gasteiger partial charge is 0.306 e. The number of esters is 1. The molecule has 10 heteroatoms. The summed E-state index contributed by atoms with van der Waals surface area (Å²) in [5.41, 5.74) is 5.59. The zero-order valence-electron chi connectivity index (χ0n) is 18.9. The van der Waals surface area contributed by atoms with Gasteiger partial charge in [0.25, 0.3) is 11.8 Å². The number of nitrogens with one attached hydrogen (secondary N) is 2. The number of hydrazine groups is 1. The Morgan fingerprint density at radius 3 is 2.15 bits per heavy atom. The van der Waals surface area contributed by atoms with E-state index in [1.54, 1.807) is 58.9 Å². The maximum absolute atomic E-state index is 12.8. The number of nitrogens with zero attached hydrogens (tertiary/aromatic N) is 1. The molecule has 182 valence electrons. The minimum absolute atomic E-state index is 0.0296. The molecule has 1 saturated heterocycles. The van der Waals surface area contributed by atoms with Gasteiger partial charge in [-0.15, -0.1) is 0 Å². The van der Waals surface area contributed by atoms with E-state index in [1.165, 1.54) is 0 Å². The molecule has 2 aromatic rings. The Balaban J connectivity index is 1.40. The molecule has 0 bridgehead atoms. The van der Waals surface area contributed by atoms with Crippen molar-refractivity contribution in [2.75, 3.05) is 19.7 Å². The number of carbonyl (C=O) groups excluding carboxylic acids is 3. The van der Waals surface area contributed by atoms with E-state index < -0.39 is 34.4 Å². The molecule has 0 unspecified atom stereocenters. The average Bonchev–Trinajstić information content (AvgIpc) is 3.16. The number of carbonyl (C=O) groups is 3. The molecule has 0 aromatic heterocycles. The van der Waals surface area contributed by atoms with Crippen LogP contribution in [-0.4, -0.2) is 50.2 Å². The summed E-state index contributed by atoms with van der Waals surface area (Å²) in [6.07, 6.45) is 4.21. The van der Waals surface area contributed by atoms with Crippen LogP contribution >= 0.6 is 0 Å². The van der Waals surface area contributed by atoms with Crippen molar-refractivity contribution in [1.82, 2.24) is 15.2 Å². The van der Waals surface area contributed by atoms with Crippen molar-refractivity contribution in [1.29, 1.82) is 0 Å². The average molecular weight is 488 g/mol. The Morgan fingerprint density at radius 2 is 1.50 bits per heavy atom. The van der Waals surface area contributed by atoms with Crippen molar-refractivity contribution in [2.45, 2.75) is 43.4 Å². The number of amides is 2. The lowest BCUT2D eigenvalue weighted by molar-refractivity contribution is -0.148. The molecule has 2 aromatic carbocycles. The molecule has 9 nitrogen and oxygen atoms in total. The van der Waals surface area contributed by atoms with E-state index in [0.29, 0.717) is 25.1 Å². The van der Waals surface area contributed by atoms with Gasteiger partial charge in [-0.05, 0) is 49.1 Å². The molecule has 0 spiro atoms. The van der Waals surface area contributed by atoms with Crippen molar-refractivity contribution in [3.8, 4) is 0 Å². The van der Waals surface area contributed by atoms with Gasteiger partial charge in [0, 0.05) is 25.1 Å². The van der Waals surface area contributed by atoms with Gasteiger partial charge in [0.15, 0.2) is 6.61 Å². The highest BCUT2D eigenvalue weighted by molar-refractivity contribution is 7.89. The molecule has 34 heavy (non-hydrogen) atoms. The number of rotatable bonds is 8. The lowest BCUT2D eigenvalue weighted by atomic mass is 10.1. The first-order chi connectivity index (χ1) is 16.4. The molecule has 0 saturated carbocycles. The van der Waals surface area contributed by atoms with E-state index in [1.807, 2.05) is 0 Å². The number of benzene rings is 2. The largest absolute Gasteiger partial charge is 0.455 e. The minimum atomic E-state index is -3.51. The van der Waals surface area contributed by atoms with Crippen LogP contribution < -0.4 is 10.9 Å². The minimum Gasteiger partial charge on any atom is -0.455 e. The van der Waals surface area contributed by atoms with Gasteiger partial charge < -0.3 is 4.74 Å². The van der Waals surface area contributed by atoms with Crippen molar-refractivity contribution in [3.05, 3.63) is 65.7 Å². The monoisotopic (exact) mass is 487 g/mol. The Bertz CT molecular complexity index is 1080. The topological polar surface area (TPSA) is 122 Å². The lowest BCUT2D eigenvalue weighted by Gasteiger charge is -2.20. The summed E-state index contributed by atoms with van der Waals surface area (Å²) in [5, 5.41) is 0. The van der Waals surface area contributed by atoms with Gasteiger partial charge in [-0.1, -0.05) is 43.2 Å². The van der Waals surface area contributed by atoms with Crippen LogP contribution in [0.5, 0.6) is 0 Å². The highest BCUT2D eigenvalue weighted by Crippen LogP contribution is 2.21. The molecule has 2 amide bonds. The summed E-state index contributed by atoms with van der Waals surface area (Å²) in [4.78, 5) is 35.8. The zero-order valence-corrected chi connectivity index (χ0v) is 19.7. The number of sulfonamides is 1. The first-order valence-corrected chi connectivity index (χ1v) is 12.7. The standard InChI is InChI=1S/C24H29N3O6S/c28-22(25-26-24(30)20-8-4-3-5-9-20)18-33-23(29)15-12-19-10-13-21(14-11-19)34(31,32)27-16-6-1-2-7-17-27/h3-5,8-11,13-14H,1-2,6-7,12,15-18H2,(H,25,28)(H,26,30). The normalized spacial score (nSPS) is 14.6. The third-order valence-electron chi connectivity index (χ3n) is 5.46. The molecule has 2 N–H and O–H groups in total. The summed E-state index contributed by atoms with van der Waals surface area (Å²) in [7, 11) is -3.51. The Hall–Kier alpha value is -3.24. The van der Waals surface area contributed by atoms with Gasteiger partial charge >= 0.3 is 5.97 Å². The molecule has 0 aliphatic carbocycles. The van der Waals surface area contributed by atoms with E-state index in [-0.39, 0.29) is 11.3 Å². The molecule has 0 atom stereocenters. The highest BCUT2D eigenvalue weighted by atomic mass is 32.2.